The Morgan fingerprint density at radius 1 is 1.09 bits per heavy atom. The summed E-state index contributed by atoms with van der Waals surface area (Å²) in [5, 5.41) is 7.66. The minimum absolute atomic E-state index is 0.00399. The van der Waals surface area contributed by atoms with Crippen LogP contribution in [0, 0.1) is 0 Å². The summed E-state index contributed by atoms with van der Waals surface area (Å²) in [6.07, 6.45) is 5.92. The molecule has 0 unspecified atom stereocenters. The van der Waals surface area contributed by atoms with E-state index in [4.69, 9.17) is 9.84 Å². The third kappa shape index (κ3) is 7.39. The normalized spacial score (nSPS) is 11.3. The van der Waals surface area contributed by atoms with Gasteiger partial charge < -0.3 is 15.0 Å². The first-order chi connectivity index (χ1) is 15.2. The number of carbonyl (C=O) groups is 2. The number of anilines is 1. The monoisotopic (exact) mass is 442 g/mol. The molecule has 32 heavy (non-hydrogen) atoms. The Hall–Kier alpha value is -2.83. The molecular weight excluding hydrogens is 404 g/mol. The van der Waals surface area contributed by atoms with E-state index >= 15 is 0 Å². The molecule has 1 N–H and O–H groups in total. The average molecular weight is 443 g/mol. The first-order valence-electron chi connectivity index (χ1n) is 11.4. The molecule has 0 fully saturated rings. The number of amides is 2. The lowest BCUT2D eigenvalue weighted by molar-refractivity contribution is -0.133. The molecule has 1 aromatic carbocycles. The van der Waals surface area contributed by atoms with Gasteiger partial charge in [-0.15, -0.1) is 0 Å². The van der Waals surface area contributed by atoms with E-state index in [0.29, 0.717) is 12.2 Å². The smallest absolute Gasteiger partial charge is 0.245 e. The number of carbonyl (C=O) groups excluding carboxylic acids is 2. The molecule has 0 bridgehead atoms. The Kier molecular flexibility index (Phi) is 9.29. The molecule has 2 rings (SSSR count). The lowest BCUT2D eigenvalue weighted by atomic mass is 9.92. The molecule has 0 atom stereocenters. The molecule has 0 saturated heterocycles. The van der Waals surface area contributed by atoms with Gasteiger partial charge >= 0.3 is 0 Å². The van der Waals surface area contributed by atoms with E-state index in [1.165, 1.54) is 17.7 Å². The van der Waals surface area contributed by atoms with Crippen LogP contribution in [0.5, 0.6) is 5.75 Å². The van der Waals surface area contributed by atoms with Gasteiger partial charge in [0, 0.05) is 24.9 Å². The van der Waals surface area contributed by atoms with Crippen LogP contribution in [-0.2, 0) is 15.0 Å². The van der Waals surface area contributed by atoms with Gasteiger partial charge in [-0.2, -0.15) is 5.10 Å². The van der Waals surface area contributed by atoms with Gasteiger partial charge in [0.2, 0.25) is 11.8 Å². The quantitative estimate of drug-likeness (QED) is 0.500. The fraction of sp³-hybridized carbons (Fsp3) is 0.560. The topological polar surface area (TPSA) is 76.5 Å². The Morgan fingerprint density at radius 3 is 2.34 bits per heavy atom. The summed E-state index contributed by atoms with van der Waals surface area (Å²) in [5.41, 5.74) is 1.50. The highest BCUT2D eigenvalue weighted by Crippen LogP contribution is 2.27. The highest BCUT2D eigenvalue weighted by molar-refractivity contribution is 5.94. The van der Waals surface area contributed by atoms with Crippen LogP contribution in [0.25, 0.3) is 5.69 Å². The number of aromatic nitrogens is 2. The van der Waals surface area contributed by atoms with Crippen molar-refractivity contribution in [3.05, 3.63) is 36.0 Å². The van der Waals surface area contributed by atoms with Crippen molar-refractivity contribution in [2.75, 3.05) is 26.0 Å². The molecule has 7 heteroatoms. The van der Waals surface area contributed by atoms with Crippen LogP contribution in [0.4, 0.5) is 5.82 Å². The number of methoxy groups -OCH3 is 1. The summed E-state index contributed by atoms with van der Waals surface area (Å²) >= 11 is 0. The summed E-state index contributed by atoms with van der Waals surface area (Å²) in [4.78, 5) is 26.6. The zero-order valence-electron chi connectivity index (χ0n) is 20.4. The molecule has 1 heterocycles. The van der Waals surface area contributed by atoms with Crippen LogP contribution in [0.2, 0.25) is 0 Å². The third-order valence-electron chi connectivity index (χ3n) is 5.36. The van der Waals surface area contributed by atoms with Gasteiger partial charge in [-0.3, -0.25) is 9.59 Å². The predicted octanol–water partition coefficient (Wildman–Crippen LogP) is 4.94. The number of likely N-dealkylation sites (N-methyl/N-ethyl adjacent to an activating group) is 1. The summed E-state index contributed by atoms with van der Waals surface area (Å²) in [7, 11) is 3.30. The molecule has 1 aromatic heterocycles. The van der Waals surface area contributed by atoms with Crippen molar-refractivity contribution >= 4 is 17.6 Å². The first-order valence-corrected chi connectivity index (χ1v) is 11.4. The lowest BCUT2D eigenvalue weighted by Gasteiger charge is -2.17. The summed E-state index contributed by atoms with van der Waals surface area (Å²) < 4.78 is 6.95. The predicted molar refractivity (Wildman–Crippen MR) is 128 cm³/mol. The van der Waals surface area contributed by atoms with Crippen molar-refractivity contribution in [1.82, 2.24) is 14.7 Å². The summed E-state index contributed by atoms with van der Waals surface area (Å²) in [6.45, 7) is 8.40. The van der Waals surface area contributed by atoms with Crippen LogP contribution in [-0.4, -0.2) is 47.2 Å². The number of nitrogens with zero attached hydrogens (tertiary/aromatic N) is 3. The highest BCUT2D eigenvalue weighted by Gasteiger charge is 2.22. The second kappa shape index (κ2) is 11.7. The van der Waals surface area contributed by atoms with Crippen molar-refractivity contribution in [2.24, 2.45) is 0 Å². The van der Waals surface area contributed by atoms with Gasteiger partial charge in [0.25, 0.3) is 0 Å². The minimum atomic E-state index is -0.248. The highest BCUT2D eigenvalue weighted by atomic mass is 16.5. The molecule has 2 amide bonds. The van der Waals surface area contributed by atoms with Crippen LogP contribution in [0.15, 0.2) is 30.3 Å². The molecule has 0 spiro atoms. The number of unbranched alkanes of at least 4 members (excludes halogenated alkanes) is 4. The van der Waals surface area contributed by atoms with Crippen LogP contribution in [0.3, 0.4) is 0 Å². The van der Waals surface area contributed by atoms with Crippen molar-refractivity contribution < 1.29 is 14.3 Å². The van der Waals surface area contributed by atoms with Crippen molar-refractivity contribution in [3.8, 4) is 11.4 Å². The van der Waals surface area contributed by atoms with Gasteiger partial charge in [0.05, 0.1) is 25.0 Å². The maximum absolute atomic E-state index is 12.7. The Bertz CT molecular complexity index is 882. The molecule has 0 saturated carbocycles. The average Bonchev–Trinajstić information content (AvgIpc) is 3.17. The maximum atomic E-state index is 12.7. The molecule has 0 aliphatic heterocycles. The molecule has 176 valence electrons. The minimum Gasteiger partial charge on any atom is -0.497 e. The first kappa shape index (κ1) is 25.4. The Labute approximate surface area is 192 Å². The zero-order valence-corrected chi connectivity index (χ0v) is 20.4. The third-order valence-corrected chi connectivity index (χ3v) is 5.36. The molecule has 0 radical (unpaired) electrons. The second-order valence-electron chi connectivity index (χ2n) is 9.24. The molecule has 7 nitrogen and oxygen atoms in total. The van der Waals surface area contributed by atoms with Crippen molar-refractivity contribution in [2.45, 2.75) is 71.6 Å². The summed E-state index contributed by atoms with van der Waals surface area (Å²) in [5.74, 6) is 1.07. The van der Waals surface area contributed by atoms with Gasteiger partial charge in [-0.1, -0.05) is 53.4 Å². The number of rotatable bonds is 11. The lowest BCUT2D eigenvalue weighted by Crippen LogP contribution is -2.35. The maximum Gasteiger partial charge on any atom is 0.245 e. The van der Waals surface area contributed by atoms with Gasteiger partial charge in [0.15, 0.2) is 0 Å². The van der Waals surface area contributed by atoms with E-state index < -0.39 is 0 Å². The molecule has 0 aliphatic rings. The number of nitrogens with one attached hydrogen (secondary N) is 1. The van der Waals surface area contributed by atoms with Crippen molar-refractivity contribution in [3.63, 3.8) is 0 Å². The standard InChI is InChI=1S/C25H38N4O3/c1-7-8-9-10-11-12-24(31)28(5)18-23(30)26-22-17-21(25(2,3)4)27-29(22)19-13-15-20(32-6)16-14-19/h13-17H,7-12,18H2,1-6H3,(H,26,30). The molecule has 2 aromatic rings. The Morgan fingerprint density at radius 2 is 1.75 bits per heavy atom. The fourth-order valence-electron chi connectivity index (χ4n) is 3.31. The van der Waals surface area contributed by atoms with Gasteiger partial charge in [0.1, 0.15) is 11.6 Å². The Balaban J connectivity index is 2.07. The molecule has 0 aliphatic carbocycles. The van der Waals surface area contributed by atoms with E-state index in [0.717, 1.165) is 36.4 Å². The van der Waals surface area contributed by atoms with E-state index in [1.807, 2.05) is 30.3 Å². The van der Waals surface area contributed by atoms with Gasteiger partial charge in [-0.05, 0) is 30.7 Å². The van der Waals surface area contributed by atoms with Crippen LogP contribution in [0.1, 0.15) is 71.9 Å². The van der Waals surface area contributed by atoms with E-state index in [2.05, 4.69) is 33.0 Å². The van der Waals surface area contributed by atoms with Crippen LogP contribution < -0.4 is 10.1 Å². The fourth-order valence-corrected chi connectivity index (χ4v) is 3.31. The SMILES string of the molecule is CCCCCCCC(=O)N(C)CC(=O)Nc1cc(C(C)(C)C)nn1-c1ccc(OC)cc1. The zero-order chi connectivity index (χ0) is 23.7. The van der Waals surface area contributed by atoms with E-state index in [1.54, 1.807) is 18.8 Å². The number of hydrogen-bond donors (Lipinski definition) is 1. The number of benzene rings is 1. The second-order valence-corrected chi connectivity index (χ2v) is 9.24. The van der Waals surface area contributed by atoms with E-state index in [9.17, 15) is 9.59 Å². The molecular formula is C25H38N4O3. The van der Waals surface area contributed by atoms with Crippen LogP contribution >= 0.6 is 0 Å². The van der Waals surface area contributed by atoms with E-state index in [-0.39, 0.29) is 23.8 Å². The van der Waals surface area contributed by atoms with Crippen molar-refractivity contribution in [1.29, 1.82) is 0 Å². The number of hydrogen-bond acceptors (Lipinski definition) is 4. The number of ether oxygens (including phenoxy) is 1. The largest absolute Gasteiger partial charge is 0.497 e. The summed E-state index contributed by atoms with van der Waals surface area (Å²) in [6, 6.07) is 9.38. The van der Waals surface area contributed by atoms with Gasteiger partial charge in [-0.25, -0.2) is 4.68 Å².